The third-order valence-corrected chi connectivity index (χ3v) is 2.82. The van der Waals surface area contributed by atoms with E-state index < -0.39 is 11.7 Å². The number of nitrogen functional groups attached to an aromatic ring is 1. The summed E-state index contributed by atoms with van der Waals surface area (Å²) in [4.78, 5) is 0. The zero-order valence-corrected chi connectivity index (χ0v) is 9.48. The van der Waals surface area contributed by atoms with Crippen molar-refractivity contribution in [2.45, 2.75) is 24.9 Å². The van der Waals surface area contributed by atoms with Crippen molar-refractivity contribution in [1.29, 1.82) is 0 Å². The van der Waals surface area contributed by atoms with Gasteiger partial charge in [0.25, 0.3) is 0 Å². The summed E-state index contributed by atoms with van der Waals surface area (Å²) in [5, 5.41) is 7.50. The summed E-state index contributed by atoms with van der Waals surface area (Å²) in [7, 11) is 0. The van der Waals surface area contributed by atoms with Gasteiger partial charge in [0.15, 0.2) is 0 Å². The van der Waals surface area contributed by atoms with Crippen molar-refractivity contribution in [3.63, 3.8) is 0 Å². The summed E-state index contributed by atoms with van der Waals surface area (Å²) in [6.07, 6.45) is 0.134. The van der Waals surface area contributed by atoms with Crippen molar-refractivity contribution >= 4 is 18.1 Å². The van der Waals surface area contributed by atoms with Gasteiger partial charge in [-0.2, -0.15) is 23.4 Å². The molecule has 0 aliphatic carbocycles. The van der Waals surface area contributed by atoms with Gasteiger partial charge in [-0.3, -0.25) is 0 Å². The van der Waals surface area contributed by atoms with Crippen molar-refractivity contribution < 1.29 is 13.2 Å². The van der Waals surface area contributed by atoms with Crippen LogP contribution in [0, 0.1) is 0 Å². The number of nitrogens with zero attached hydrogens (tertiary/aromatic N) is 2. The number of benzene rings is 1. The smallest absolute Gasteiger partial charge is 0.398 e. The predicted octanol–water partition coefficient (Wildman–Crippen LogP) is 3.22. The SMILES string of the molecule is Nc1ccc(C(F)(F)F)cc1C1C=NN=CCC1. The largest absolute Gasteiger partial charge is 0.416 e. The maximum atomic E-state index is 12.6. The van der Waals surface area contributed by atoms with Crippen LogP contribution in [-0.2, 0) is 6.18 Å². The first-order chi connectivity index (χ1) is 8.48. The molecule has 1 aromatic carbocycles. The summed E-state index contributed by atoms with van der Waals surface area (Å²) in [5.41, 5.74) is 5.86. The second-order valence-electron chi connectivity index (χ2n) is 4.09. The number of hydrogen-bond donors (Lipinski definition) is 1. The van der Waals surface area contributed by atoms with Crippen LogP contribution in [0.1, 0.15) is 29.9 Å². The Balaban J connectivity index is 2.37. The maximum absolute atomic E-state index is 12.6. The van der Waals surface area contributed by atoms with Crippen LogP contribution < -0.4 is 5.73 Å². The molecule has 1 atom stereocenters. The van der Waals surface area contributed by atoms with Crippen LogP contribution in [0.4, 0.5) is 18.9 Å². The third kappa shape index (κ3) is 2.69. The molecule has 1 heterocycles. The molecule has 2 rings (SSSR count). The first-order valence-corrected chi connectivity index (χ1v) is 5.50. The lowest BCUT2D eigenvalue weighted by Gasteiger charge is -2.15. The molecule has 0 bridgehead atoms. The topological polar surface area (TPSA) is 50.7 Å². The van der Waals surface area contributed by atoms with Crippen molar-refractivity contribution in [2.75, 3.05) is 5.73 Å². The fraction of sp³-hybridized carbons (Fsp3) is 0.333. The standard InChI is InChI=1S/C12H12F3N3/c13-12(14,15)9-3-4-11(16)10(6-9)8-2-1-5-17-18-7-8/h3-8H,1-2,16H2. The van der Waals surface area contributed by atoms with Crippen LogP contribution in [0.5, 0.6) is 0 Å². The van der Waals surface area contributed by atoms with Gasteiger partial charge in [-0.25, -0.2) is 0 Å². The van der Waals surface area contributed by atoms with Crippen LogP contribution in [0.15, 0.2) is 28.4 Å². The molecule has 0 amide bonds. The fourth-order valence-corrected chi connectivity index (χ4v) is 1.86. The van der Waals surface area contributed by atoms with E-state index in [0.29, 0.717) is 24.1 Å². The van der Waals surface area contributed by atoms with Crippen molar-refractivity contribution in [1.82, 2.24) is 0 Å². The fourth-order valence-electron chi connectivity index (χ4n) is 1.86. The third-order valence-electron chi connectivity index (χ3n) is 2.82. The van der Waals surface area contributed by atoms with Gasteiger partial charge in [0.1, 0.15) is 0 Å². The van der Waals surface area contributed by atoms with Crippen LogP contribution in [0.3, 0.4) is 0 Å². The Kier molecular flexibility index (Phi) is 3.36. The van der Waals surface area contributed by atoms with Gasteiger partial charge < -0.3 is 5.73 Å². The molecule has 1 unspecified atom stereocenters. The lowest BCUT2D eigenvalue weighted by Crippen LogP contribution is -2.10. The van der Waals surface area contributed by atoms with E-state index in [1.165, 1.54) is 12.3 Å². The van der Waals surface area contributed by atoms with E-state index in [9.17, 15) is 13.2 Å². The normalized spacial score (nSPS) is 19.8. The average Bonchev–Trinajstić information content (AvgIpc) is 2.56. The number of alkyl halides is 3. The van der Waals surface area contributed by atoms with Gasteiger partial charge >= 0.3 is 6.18 Å². The molecule has 6 heteroatoms. The number of halogens is 3. The highest BCUT2D eigenvalue weighted by molar-refractivity contribution is 5.74. The number of rotatable bonds is 1. The molecule has 96 valence electrons. The first-order valence-electron chi connectivity index (χ1n) is 5.50. The summed E-state index contributed by atoms with van der Waals surface area (Å²) in [5.74, 6) is -0.227. The molecule has 1 aliphatic heterocycles. The minimum Gasteiger partial charge on any atom is -0.398 e. The van der Waals surface area contributed by atoms with Crippen LogP contribution >= 0.6 is 0 Å². The summed E-state index contributed by atoms with van der Waals surface area (Å²) < 4.78 is 37.9. The Hall–Kier alpha value is -1.85. The summed E-state index contributed by atoms with van der Waals surface area (Å²) in [6, 6.07) is 3.37. The molecule has 0 radical (unpaired) electrons. The van der Waals surface area contributed by atoms with Gasteiger partial charge in [-0.1, -0.05) is 0 Å². The first kappa shape index (κ1) is 12.6. The van der Waals surface area contributed by atoms with Gasteiger partial charge in [-0.05, 0) is 36.6 Å². The second kappa shape index (κ2) is 4.80. The Bertz CT molecular complexity index is 492. The molecule has 18 heavy (non-hydrogen) atoms. The molecule has 1 aliphatic rings. The van der Waals surface area contributed by atoms with Crippen LogP contribution in [0.25, 0.3) is 0 Å². The van der Waals surface area contributed by atoms with E-state index in [2.05, 4.69) is 10.2 Å². The number of nitrogens with two attached hydrogens (primary N) is 1. The molecular formula is C12H12F3N3. The summed E-state index contributed by atoms with van der Waals surface area (Å²) >= 11 is 0. The Morgan fingerprint density at radius 1 is 1.22 bits per heavy atom. The Labute approximate surface area is 102 Å². The number of anilines is 1. The van der Waals surface area contributed by atoms with E-state index in [1.54, 1.807) is 6.21 Å². The highest BCUT2D eigenvalue weighted by Crippen LogP contribution is 2.34. The molecule has 0 fully saturated rings. The molecular weight excluding hydrogens is 243 g/mol. The molecule has 1 aromatic rings. The predicted molar refractivity (Wildman–Crippen MR) is 64.8 cm³/mol. The second-order valence-corrected chi connectivity index (χ2v) is 4.09. The van der Waals surface area contributed by atoms with E-state index in [-0.39, 0.29) is 5.92 Å². The van der Waals surface area contributed by atoms with Crippen LogP contribution in [-0.4, -0.2) is 12.4 Å². The molecule has 0 aromatic heterocycles. The van der Waals surface area contributed by atoms with E-state index in [4.69, 9.17) is 5.73 Å². The van der Waals surface area contributed by atoms with E-state index in [1.807, 2.05) is 0 Å². The van der Waals surface area contributed by atoms with Crippen molar-refractivity contribution in [2.24, 2.45) is 10.2 Å². The average molecular weight is 255 g/mol. The molecule has 2 N–H and O–H groups in total. The Morgan fingerprint density at radius 2 is 2.00 bits per heavy atom. The van der Waals surface area contributed by atoms with E-state index >= 15 is 0 Å². The van der Waals surface area contributed by atoms with E-state index in [0.717, 1.165) is 12.1 Å². The van der Waals surface area contributed by atoms with Crippen LogP contribution in [0.2, 0.25) is 0 Å². The van der Waals surface area contributed by atoms with Gasteiger partial charge in [-0.15, -0.1) is 0 Å². The maximum Gasteiger partial charge on any atom is 0.416 e. The lowest BCUT2D eigenvalue weighted by atomic mass is 9.92. The zero-order chi connectivity index (χ0) is 13.2. The zero-order valence-electron chi connectivity index (χ0n) is 9.48. The molecule has 0 saturated heterocycles. The minimum absolute atomic E-state index is 0.227. The van der Waals surface area contributed by atoms with Gasteiger partial charge in [0.05, 0.1) is 5.56 Å². The lowest BCUT2D eigenvalue weighted by molar-refractivity contribution is -0.137. The van der Waals surface area contributed by atoms with Crippen molar-refractivity contribution in [3.8, 4) is 0 Å². The monoisotopic (exact) mass is 255 g/mol. The summed E-state index contributed by atoms with van der Waals surface area (Å²) in [6.45, 7) is 0. The van der Waals surface area contributed by atoms with Gasteiger partial charge in [0.2, 0.25) is 0 Å². The molecule has 0 spiro atoms. The highest BCUT2D eigenvalue weighted by Gasteiger charge is 2.31. The minimum atomic E-state index is -4.36. The van der Waals surface area contributed by atoms with Gasteiger partial charge in [0, 0.05) is 24.0 Å². The Morgan fingerprint density at radius 3 is 2.72 bits per heavy atom. The highest BCUT2D eigenvalue weighted by atomic mass is 19.4. The van der Waals surface area contributed by atoms with Crippen molar-refractivity contribution in [3.05, 3.63) is 29.3 Å². The molecule has 0 saturated carbocycles. The molecule has 3 nitrogen and oxygen atoms in total. The number of hydrogen-bond acceptors (Lipinski definition) is 3. The quantitative estimate of drug-likeness (QED) is 0.769.